The number of fused-ring (bicyclic) bond motifs is 2. The number of piperidine rings is 1. The topological polar surface area (TPSA) is 47.4 Å². The van der Waals surface area contributed by atoms with Gasteiger partial charge in [0.25, 0.3) is 0 Å². The first kappa shape index (κ1) is 21.5. The monoisotopic (exact) mass is 441 g/mol. The molecule has 1 aromatic heterocycles. The number of hydrogen-bond acceptors (Lipinski definition) is 3. The van der Waals surface area contributed by atoms with Gasteiger partial charge in [0.1, 0.15) is 18.1 Å². The number of imidazole rings is 1. The van der Waals surface area contributed by atoms with Crippen molar-refractivity contribution in [3.63, 3.8) is 0 Å². The number of para-hydroxylation sites is 2. The fraction of sp³-hybridized carbons (Fsp3) is 0.357. The maximum absolute atomic E-state index is 13.3. The highest BCUT2D eigenvalue weighted by Crippen LogP contribution is 2.31. The van der Waals surface area contributed by atoms with E-state index in [2.05, 4.69) is 59.7 Å². The first-order valence-corrected chi connectivity index (χ1v) is 11.9. The lowest BCUT2D eigenvalue weighted by molar-refractivity contribution is -0.135. The second kappa shape index (κ2) is 8.89. The van der Waals surface area contributed by atoms with Crippen molar-refractivity contribution >= 4 is 27.7 Å². The molecular formula is C28H31N3O2. The molecule has 0 saturated carbocycles. The Labute approximate surface area is 195 Å². The molecule has 0 N–H and O–H groups in total. The third kappa shape index (κ3) is 4.08. The van der Waals surface area contributed by atoms with Crippen molar-refractivity contribution < 1.29 is 9.53 Å². The number of amides is 1. The third-order valence-electron chi connectivity index (χ3n) is 7.06. The number of rotatable bonds is 5. The van der Waals surface area contributed by atoms with Crippen molar-refractivity contribution in [2.75, 3.05) is 13.7 Å². The SMILES string of the molecule is COc1ccc2cc(C(C)c3nc4ccccc4n3CC(=O)N3CCCCC3C)ccc2c1. The number of benzene rings is 3. The summed E-state index contributed by atoms with van der Waals surface area (Å²) in [6.45, 7) is 5.52. The lowest BCUT2D eigenvalue weighted by Crippen LogP contribution is -2.43. The summed E-state index contributed by atoms with van der Waals surface area (Å²) in [6.07, 6.45) is 3.38. The van der Waals surface area contributed by atoms with Crippen LogP contribution in [0.1, 0.15) is 50.4 Å². The average Bonchev–Trinajstić information content (AvgIpc) is 3.21. The average molecular weight is 442 g/mol. The minimum atomic E-state index is 0.0514. The van der Waals surface area contributed by atoms with E-state index in [-0.39, 0.29) is 11.8 Å². The van der Waals surface area contributed by atoms with E-state index in [1.54, 1.807) is 7.11 Å². The molecule has 5 nitrogen and oxygen atoms in total. The van der Waals surface area contributed by atoms with Crippen molar-refractivity contribution in [3.05, 3.63) is 72.1 Å². The van der Waals surface area contributed by atoms with Gasteiger partial charge in [-0.15, -0.1) is 0 Å². The first-order valence-electron chi connectivity index (χ1n) is 11.9. The Morgan fingerprint density at radius 2 is 1.88 bits per heavy atom. The van der Waals surface area contributed by atoms with Crippen molar-refractivity contribution in [3.8, 4) is 5.75 Å². The molecule has 3 aromatic carbocycles. The third-order valence-corrected chi connectivity index (χ3v) is 7.06. The van der Waals surface area contributed by atoms with Crippen LogP contribution < -0.4 is 4.74 Å². The zero-order valence-electron chi connectivity index (χ0n) is 19.6. The Kier molecular flexibility index (Phi) is 5.79. The zero-order chi connectivity index (χ0) is 22.9. The summed E-state index contributed by atoms with van der Waals surface area (Å²) in [4.78, 5) is 20.4. The lowest BCUT2D eigenvalue weighted by Gasteiger charge is -2.33. The summed E-state index contributed by atoms with van der Waals surface area (Å²) in [5, 5.41) is 2.31. The van der Waals surface area contributed by atoms with Gasteiger partial charge in [-0.05, 0) is 66.8 Å². The van der Waals surface area contributed by atoms with E-state index in [0.29, 0.717) is 12.6 Å². The van der Waals surface area contributed by atoms with Crippen molar-refractivity contribution in [1.29, 1.82) is 0 Å². The van der Waals surface area contributed by atoms with Gasteiger partial charge in [-0.25, -0.2) is 4.98 Å². The molecule has 0 bridgehead atoms. The first-order chi connectivity index (χ1) is 16.0. The number of nitrogens with zero attached hydrogens (tertiary/aromatic N) is 3. The van der Waals surface area contributed by atoms with E-state index in [1.807, 2.05) is 24.3 Å². The summed E-state index contributed by atoms with van der Waals surface area (Å²) in [6, 6.07) is 21.1. The number of carbonyl (C=O) groups excluding carboxylic acids is 1. The Morgan fingerprint density at radius 1 is 1.09 bits per heavy atom. The molecular weight excluding hydrogens is 410 g/mol. The van der Waals surface area contributed by atoms with Crippen LogP contribution in [-0.4, -0.2) is 40.1 Å². The van der Waals surface area contributed by atoms with E-state index in [0.717, 1.165) is 47.4 Å². The van der Waals surface area contributed by atoms with E-state index in [4.69, 9.17) is 9.72 Å². The van der Waals surface area contributed by atoms with Crippen LogP contribution in [-0.2, 0) is 11.3 Å². The molecule has 5 heteroatoms. The van der Waals surface area contributed by atoms with Crippen molar-refractivity contribution in [1.82, 2.24) is 14.5 Å². The van der Waals surface area contributed by atoms with Crippen LogP contribution in [0, 0.1) is 0 Å². The quantitative estimate of drug-likeness (QED) is 0.396. The number of ether oxygens (including phenoxy) is 1. The maximum Gasteiger partial charge on any atom is 0.242 e. The summed E-state index contributed by atoms with van der Waals surface area (Å²) >= 11 is 0. The van der Waals surface area contributed by atoms with E-state index in [9.17, 15) is 4.79 Å². The van der Waals surface area contributed by atoms with Gasteiger partial charge in [0.15, 0.2) is 0 Å². The van der Waals surface area contributed by atoms with Gasteiger partial charge in [0.2, 0.25) is 5.91 Å². The van der Waals surface area contributed by atoms with E-state index in [1.165, 1.54) is 17.4 Å². The second-order valence-electron chi connectivity index (χ2n) is 9.17. The number of aromatic nitrogens is 2. The maximum atomic E-state index is 13.3. The second-order valence-corrected chi connectivity index (χ2v) is 9.17. The fourth-order valence-electron chi connectivity index (χ4n) is 5.07. The molecule has 1 aliphatic rings. The fourth-order valence-corrected chi connectivity index (χ4v) is 5.07. The normalized spacial score (nSPS) is 17.4. The summed E-state index contributed by atoms with van der Waals surface area (Å²) < 4.78 is 7.49. The minimum absolute atomic E-state index is 0.0514. The van der Waals surface area contributed by atoms with Gasteiger partial charge in [-0.1, -0.05) is 43.3 Å². The summed E-state index contributed by atoms with van der Waals surface area (Å²) in [7, 11) is 1.69. The molecule has 2 unspecified atom stereocenters. The smallest absolute Gasteiger partial charge is 0.242 e. The molecule has 33 heavy (non-hydrogen) atoms. The molecule has 0 aliphatic carbocycles. The van der Waals surface area contributed by atoms with Crippen LogP contribution in [0.4, 0.5) is 0 Å². The number of methoxy groups -OCH3 is 1. The molecule has 1 fully saturated rings. The van der Waals surface area contributed by atoms with Crippen LogP contribution >= 0.6 is 0 Å². The molecule has 1 amide bonds. The molecule has 0 spiro atoms. The van der Waals surface area contributed by atoms with Gasteiger partial charge >= 0.3 is 0 Å². The lowest BCUT2D eigenvalue weighted by atomic mass is 9.97. The Balaban J connectivity index is 1.52. The van der Waals surface area contributed by atoms with Crippen LogP contribution in [0.3, 0.4) is 0 Å². The van der Waals surface area contributed by atoms with E-state index >= 15 is 0 Å². The predicted molar refractivity (Wildman–Crippen MR) is 133 cm³/mol. The Morgan fingerprint density at radius 3 is 2.70 bits per heavy atom. The largest absolute Gasteiger partial charge is 0.497 e. The van der Waals surface area contributed by atoms with Crippen LogP contribution in [0.15, 0.2) is 60.7 Å². The highest BCUT2D eigenvalue weighted by Gasteiger charge is 2.26. The predicted octanol–water partition coefficient (Wildman–Crippen LogP) is 5.75. The number of likely N-dealkylation sites (tertiary alicyclic amines) is 1. The molecule has 1 saturated heterocycles. The molecule has 2 heterocycles. The van der Waals surface area contributed by atoms with Crippen LogP contribution in [0.2, 0.25) is 0 Å². The summed E-state index contributed by atoms with van der Waals surface area (Å²) in [5.74, 6) is 2.03. The highest BCUT2D eigenvalue weighted by molar-refractivity contribution is 5.85. The highest BCUT2D eigenvalue weighted by atomic mass is 16.5. The molecule has 2 atom stereocenters. The standard InChI is InChI=1S/C28H31N3O2/c1-19-8-6-7-15-30(19)27(32)18-31-26-10-5-4-9-25(26)29-28(31)20(2)21-11-12-23-17-24(33-3)14-13-22(23)16-21/h4-5,9-14,16-17,19-20H,6-8,15,18H2,1-3H3. The molecule has 0 radical (unpaired) electrons. The van der Waals surface area contributed by atoms with Crippen molar-refractivity contribution in [2.45, 2.75) is 51.6 Å². The van der Waals surface area contributed by atoms with Gasteiger partial charge in [-0.3, -0.25) is 4.79 Å². The molecule has 4 aromatic rings. The van der Waals surface area contributed by atoms with Gasteiger partial charge in [0, 0.05) is 18.5 Å². The van der Waals surface area contributed by atoms with Crippen LogP contribution in [0.25, 0.3) is 21.8 Å². The molecule has 170 valence electrons. The zero-order valence-corrected chi connectivity index (χ0v) is 19.6. The van der Waals surface area contributed by atoms with Gasteiger partial charge in [-0.2, -0.15) is 0 Å². The Bertz CT molecular complexity index is 1310. The number of carbonyl (C=O) groups is 1. The van der Waals surface area contributed by atoms with Gasteiger partial charge in [0.05, 0.1) is 18.1 Å². The summed E-state index contributed by atoms with van der Waals surface area (Å²) in [5.41, 5.74) is 3.13. The van der Waals surface area contributed by atoms with E-state index < -0.39 is 0 Å². The molecule has 1 aliphatic heterocycles. The molecule has 5 rings (SSSR count). The Hall–Kier alpha value is -3.34. The van der Waals surface area contributed by atoms with Crippen molar-refractivity contribution in [2.24, 2.45) is 0 Å². The van der Waals surface area contributed by atoms with Gasteiger partial charge < -0.3 is 14.2 Å². The van der Waals surface area contributed by atoms with Crippen LogP contribution in [0.5, 0.6) is 5.75 Å². The number of hydrogen-bond donors (Lipinski definition) is 0. The minimum Gasteiger partial charge on any atom is -0.497 e.